The van der Waals surface area contributed by atoms with E-state index in [1.165, 1.54) is 6.07 Å². The summed E-state index contributed by atoms with van der Waals surface area (Å²) in [6, 6.07) is 4.16. The van der Waals surface area contributed by atoms with Gasteiger partial charge in [0.25, 0.3) is 0 Å². The third-order valence-corrected chi connectivity index (χ3v) is 3.18. The van der Waals surface area contributed by atoms with Crippen LogP contribution in [0.4, 0.5) is 8.78 Å². The summed E-state index contributed by atoms with van der Waals surface area (Å²) in [5.74, 6) is -1.58. The summed E-state index contributed by atoms with van der Waals surface area (Å²) >= 11 is 0. The third kappa shape index (κ3) is 3.42. The van der Waals surface area contributed by atoms with Crippen LogP contribution in [0, 0.1) is 11.6 Å². The molecule has 20 heavy (non-hydrogen) atoms. The first kappa shape index (κ1) is 14.7. The summed E-state index contributed by atoms with van der Waals surface area (Å²) in [6.07, 6.45) is 4.94. The van der Waals surface area contributed by atoms with Gasteiger partial charge in [-0.05, 0) is 31.0 Å². The van der Waals surface area contributed by atoms with E-state index < -0.39 is 11.6 Å². The van der Waals surface area contributed by atoms with Gasteiger partial charge >= 0.3 is 0 Å². The van der Waals surface area contributed by atoms with Crippen LogP contribution >= 0.6 is 0 Å². The average Bonchev–Trinajstić information content (AvgIpc) is 2.86. The Labute approximate surface area is 117 Å². The van der Waals surface area contributed by atoms with Gasteiger partial charge in [0.15, 0.2) is 11.6 Å². The quantitative estimate of drug-likeness (QED) is 0.881. The topological polar surface area (TPSA) is 29.9 Å². The molecule has 1 N–H and O–H groups in total. The summed E-state index contributed by atoms with van der Waals surface area (Å²) < 4.78 is 28.9. The summed E-state index contributed by atoms with van der Waals surface area (Å²) in [7, 11) is 1.89. The maximum absolute atomic E-state index is 13.8. The van der Waals surface area contributed by atoms with Gasteiger partial charge in [0.1, 0.15) is 0 Å². The highest BCUT2D eigenvalue weighted by Crippen LogP contribution is 2.20. The second-order valence-corrected chi connectivity index (χ2v) is 4.89. The van der Waals surface area contributed by atoms with Crippen molar-refractivity contribution in [3.05, 3.63) is 53.6 Å². The van der Waals surface area contributed by atoms with Crippen LogP contribution in [0.5, 0.6) is 0 Å². The number of benzene rings is 1. The highest BCUT2D eigenvalue weighted by atomic mass is 19.2. The van der Waals surface area contributed by atoms with Crippen molar-refractivity contribution in [1.29, 1.82) is 0 Å². The van der Waals surface area contributed by atoms with E-state index in [0.29, 0.717) is 12.0 Å². The second-order valence-electron chi connectivity index (χ2n) is 4.89. The van der Waals surface area contributed by atoms with E-state index in [0.717, 1.165) is 24.7 Å². The first-order chi connectivity index (χ1) is 9.61. The molecule has 1 aromatic carbocycles. The number of nitrogens with zero attached hydrogens (tertiary/aromatic N) is 2. The van der Waals surface area contributed by atoms with Gasteiger partial charge in [0.05, 0.1) is 18.1 Å². The molecule has 2 rings (SSSR count). The van der Waals surface area contributed by atoms with Crippen LogP contribution < -0.4 is 5.32 Å². The van der Waals surface area contributed by atoms with Gasteiger partial charge in [-0.25, -0.2) is 13.8 Å². The fourth-order valence-electron chi connectivity index (χ4n) is 2.14. The first-order valence-corrected chi connectivity index (χ1v) is 6.76. The molecule has 3 nitrogen and oxygen atoms in total. The van der Waals surface area contributed by atoms with Crippen LogP contribution in [0.1, 0.15) is 30.6 Å². The van der Waals surface area contributed by atoms with Crippen LogP contribution in [0.2, 0.25) is 0 Å². The summed E-state index contributed by atoms with van der Waals surface area (Å²) in [5, 5.41) is 3.33. The lowest BCUT2D eigenvalue weighted by Gasteiger charge is -2.17. The smallest absolute Gasteiger partial charge is 0.162 e. The van der Waals surface area contributed by atoms with Gasteiger partial charge in [0.2, 0.25) is 0 Å². The lowest BCUT2D eigenvalue weighted by atomic mass is 10.0. The molecule has 0 bridgehead atoms. The van der Waals surface area contributed by atoms with E-state index in [-0.39, 0.29) is 6.04 Å². The predicted octanol–water partition coefficient (Wildman–Crippen LogP) is 2.98. The Morgan fingerprint density at radius 1 is 1.35 bits per heavy atom. The standard InChI is InChI=1S/C15H19F2N3/c1-3-7-18-13(14-9-20(2)10-19-14)8-11-5-4-6-12(16)15(11)17/h4-6,9-10,13,18H,3,7-8H2,1-2H3. The molecular formula is C15H19F2N3. The van der Waals surface area contributed by atoms with E-state index >= 15 is 0 Å². The fourth-order valence-corrected chi connectivity index (χ4v) is 2.14. The van der Waals surface area contributed by atoms with Crippen molar-refractivity contribution in [2.45, 2.75) is 25.8 Å². The van der Waals surface area contributed by atoms with Gasteiger partial charge in [-0.1, -0.05) is 19.1 Å². The molecule has 0 amide bonds. The molecule has 0 aliphatic heterocycles. The van der Waals surface area contributed by atoms with Crippen molar-refractivity contribution in [2.24, 2.45) is 7.05 Å². The van der Waals surface area contributed by atoms with Crippen molar-refractivity contribution in [3.8, 4) is 0 Å². The number of nitrogens with one attached hydrogen (secondary N) is 1. The van der Waals surface area contributed by atoms with E-state index in [1.54, 1.807) is 12.4 Å². The first-order valence-electron chi connectivity index (χ1n) is 6.76. The molecule has 5 heteroatoms. The molecule has 108 valence electrons. The van der Waals surface area contributed by atoms with Crippen molar-refractivity contribution in [3.63, 3.8) is 0 Å². The largest absolute Gasteiger partial charge is 0.340 e. The van der Waals surface area contributed by atoms with Crippen LogP contribution in [-0.2, 0) is 13.5 Å². The van der Waals surface area contributed by atoms with Crippen LogP contribution in [-0.4, -0.2) is 16.1 Å². The molecular weight excluding hydrogens is 260 g/mol. The third-order valence-electron chi connectivity index (χ3n) is 3.18. The number of halogens is 2. The molecule has 1 heterocycles. The Hall–Kier alpha value is -1.75. The van der Waals surface area contributed by atoms with Crippen LogP contribution in [0.15, 0.2) is 30.7 Å². The maximum Gasteiger partial charge on any atom is 0.162 e. The maximum atomic E-state index is 13.8. The van der Waals surface area contributed by atoms with Gasteiger partial charge in [-0.3, -0.25) is 0 Å². The summed E-state index contributed by atoms with van der Waals surface area (Å²) in [5.41, 5.74) is 1.20. The van der Waals surface area contributed by atoms with Crippen LogP contribution in [0.25, 0.3) is 0 Å². The Kier molecular flexibility index (Phi) is 4.84. The molecule has 0 radical (unpaired) electrons. The number of rotatable bonds is 6. The van der Waals surface area contributed by atoms with Crippen molar-refractivity contribution in [1.82, 2.24) is 14.9 Å². The van der Waals surface area contributed by atoms with E-state index in [9.17, 15) is 8.78 Å². The molecule has 0 saturated carbocycles. The molecule has 0 spiro atoms. The lowest BCUT2D eigenvalue weighted by molar-refractivity contribution is 0.473. The number of aryl methyl sites for hydroxylation is 1. The van der Waals surface area contributed by atoms with Gasteiger partial charge in [-0.15, -0.1) is 0 Å². The van der Waals surface area contributed by atoms with Crippen molar-refractivity contribution in [2.75, 3.05) is 6.54 Å². The SMILES string of the molecule is CCCNC(Cc1cccc(F)c1F)c1cn(C)cn1. The van der Waals surface area contributed by atoms with Gasteiger partial charge in [-0.2, -0.15) is 0 Å². The molecule has 0 aliphatic carbocycles. The minimum Gasteiger partial charge on any atom is -0.340 e. The monoisotopic (exact) mass is 279 g/mol. The van der Waals surface area contributed by atoms with Crippen molar-refractivity contribution < 1.29 is 8.78 Å². The minimum atomic E-state index is -0.808. The van der Waals surface area contributed by atoms with Gasteiger partial charge in [0, 0.05) is 13.2 Å². The summed E-state index contributed by atoms with van der Waals surface area (Å²) in [4.78, 5) is 4.30. The second kappa shape index (κ2) is 6.61. The predicted molar refractivity (Wildman–Crippen MR) is 74.3 cm³/mol. The minimum absolute atomic E-state index is 0.118. The normalized spacial score (nSPS) is 12.6. The number of aromatic nitrogens is 2. The molecule has 1 atom stereocenters. The molecule has 0 fully saturated rings. The zero-order valence-electron chi connectivity index (χ0n) is 11.7. The summed E-state index contributed by atoms with van der Waals surface area (Å²) in [6.45, 7) is 2.86. The Morgan fingerprint density at radius 2 is 2.15 bits per heavy atom. The highest BCUT2D eigenvalue weighted by molar-refractivity contribution is 5.22. The molecule has 2 aromatic rings. The highest BCUT2D eigenvalue weighted by Gasteiger charge is 2.17. The Morgan fingerprint density at radius 3 is 2.80 bits per heavy atom. The lowest BCUT2D eigenvalue weighted by Crippen LogP contribution is -2.25. The molecule has 1 aromatic heterocycles. The van der Waals surface area contributed by atoms with E-state index in [1.807, 2.05) is 17.8 Å². The Bertz CT molecular complexity index is 566. The number of hydrogen-bond donors (Lipinski definition) is 1. The Balaban J connectivity index is 2.21. The van der Waals surface area contributed by atoms with E-state index in [4.69, 9.17) is 0 Å². The molecule has 0 saturated heterocycles. The van der Waals surface area contributed by atoms with Crippen LogP contribution in [0.3, 0.4) is 0 Å². The molecule has 1 unspecified atom stereocenters. The fraction of sp³-hybridized carbons (Fsp3) is 0.400. The average molecular weight is 279 g/mol. The van der Waals surface area contributed by atoms with E-state index in [2.05, 4.69) is 17.2 Å². The zero-order valence-corrected chi connectivity index (χ0v) is 11.7. The number of imidazole rings is 1. The van der Waals surface area contributed by atoms with Gasteiger partial charge < -0.3 is 9.88 Å². The zero-order chi connectivity index (χ0) is 14.5. The van der Waals surface area contributed by atoms with Crippen molar-refractivity contribution >= 4 is 0 Å². The number of hydrogen-bond acceptors (Lipinski definition) is 2. The molecule has 0 aliphatic rings.